The average Bonchev–Trinajstić information content (AvgIpc) is 3.30. The van der Waals surface area contributed by atoms with E-state index in [4.69, 9.17) is 14.2 Å². The third kappa shape index (κ3) is 5.41. The van der Waals surface area contributed by atoms with Crippen LogP contribution in [-0.4, -0.2) is 54.3 Å². The van der Waals surface area contributed by atoms with Gasteiger partial charge in [-0.15, -0.1) is 0 Å². The molecule has 2 aliphatic heterocycles. The molecular weight excluding hydrogens is 442 g/mol. The van der Waals surface area contributed by atoms with Crippen LogP contribution in [0.2, 0.25) is 0 Å². The van der Waals surface area contributed by atoms with E-state index in [1.165, 1.54) is 0 Å². The SMILES string of the molecule is COc1ccc(C(=O)N2CCC3(CC2)C[C@@H](Oc2ccccc2)CO3)cc1NCc1cccnc1. The Bertz CT molecular complexity index is 1130. The van der Waals surface area contributed by atoms with E-state index in [0.29, 0.717) is 37.6 Å². The van der Waals surface area contributed by atoms with Gasteiger partial charge in [0, 0.05) is 44.0 Å². The first-order chi connectivity index (χ1) is 17.1. The molecule has 5 rings (SSSR count). The third-order valence-electron chi connectivity index (χ3n) is 6.84. The monoisotopic (exact) mass is 473 g/mol. The van der Waals surface area contributed by atoms with E-state index in [0.717, 1.165) is 36.3 Å². The summed E-state index contributed by atoms with van der Waals surface area (Å²) in [6.07, 6.45) is 6.10. The van der Waals surface area contributed by atoms with Gasteiger partial charge in [-0.3, -0.25) is 9.78 Å². The van der Waals surface area contributed by atoms with Crippen LogP contribution in [0.25, 0.3) is 0 Å². The highest BCUT2D eigenvalue weighted by molar-refractivity contribution is 5.95. The summed E-state index contributed by atoms with van der Waals surface area (Å²) in [6.45, 7) is 2.52. The van der Waals surface area contributed by atoms with E-state index in [-0.39, 0.29) is 17.6 Å². The second-order valence-electron chi connectivity index (χ2n) is 9.17. The summed E-state index contributed by atoms with van der Waals surface area (Å²) < 4.78 is 17.8. The van der Waals surface area contributed by atoms with Gasteiger partial charge in [0.05, 0.1) is 25.0 Å². The first-order valence-electron chi connectivity index (χ1n) is 12.1. The van der Waals surface area contributed by atoms with Crippen molar-refractivity contribution in [2.45, 2.75) is 37.5 Å². The lowest BCUT2D eigenvalue weighted by Crippen LogP contribution is -2.46. The molecule has 0 aliphatic carbocycles. The standard InChI is InChI=1S/C28H31N3O4/c1-33-26-10-9-22(16-25(26)30-19-21-6-5-13-29-18-21)27(32)31-14-11-28(12-15-31)17-24(20-34-28)35-23-7-3-2-4-8-23/h2-10,13,16,18,24,30H,11-12,14-15,17,19-20H2,1H3/t24-/m1/s1. The highest BCUT2D eigenvalue weighted by atomic mass is 16.6. The molecule has 2 aliphatic rings. The maximum absolute atomic E-state index is 13.3. The van der Waals surface area contributed by atoms with Crippen LogP contribution in [0.15, 0.2) is 73.1 Å². The number of nitrogens with zero attached hydrogens (tertiary/aromatic N) is 2. The zero-order valence-corrected chi connectivity index (χ0v) is 20.0. The minimum absolute atomic E-state index is 0.0296. The minimum atomic E-state index is -0.202. The lowest BCUT2D eigenvalue weighted by atomic mass is 9.87. The maximum Gasteiger partial charge on any atom is 0.253 e. The molecule has 1 atom stereocenters. The van der Waals surface area contributed by atoms with Gasteiger partial charge in [0.1, 0.15) is 17.6 Å². The van der Waals surface area contributed by atoms with Crippen molar-refractivity contribution in [1.29, 1.82) is 0 Å². The Morgan fingerprint density at radius 3 is 2.71 bits per heavy atom. The molecule has 1 amide bonds. The number of benzene rings is 2. The number of ether oxygens (including phenoxy) is 3. The Balaban J connectivity index is 1.19. The predicted molar refractivity (Wildman–Crippen MR) is 134 cm³/mol. The number of para-hydroxylation sites is 1. The predicted octanol–water partition coefficient (Wildman–Crippen LogP) is 4.55. The van der Waals surface area contributed by atoms with Crippen LogP contribution in [-0.2, 0) is 11.3 Å². The van der Waals surface area contributed by atoms with Gasteiger partial charge in [-0.2, -0.15) is 0 Å². The molecule has 0 radical (unpaired) electrons. The molecule has 2 saturated heterocycles. The highest BCUT2D eigenvalue weighted by Crippen LogP contribution is 2.38. The topological polar surface area (TPSA) is 72.9 Å². The van der Waals surface area contributed by atoms with Gasteiger partial charge in [-0.05, 0) is 54.8 Å². The fourth-order valence-corrected chi connectivity index (χ4v) is 4.90. The Labute approximate surface area is 206 Å². The van der Waals surface area contributed by atoms with Crippen molar-refractivity contribution < 1.29 is 19.0 Å². The van der Waals surface area contributed by atoms with Crippen LogP contribution in [0.1, 0.15) is 35.2 Å². The summed E-state index contributed by atoms with van der Waals surface area (Å²) in [5.74, 6) is 1.60. The molecular formula is C28H31N3O4. The van der Waals surface area contributed by atoms with Gasteiger partial charge in [0.25, 0.3) is 5.91 Å². The molecule has 0 unspecified atom stereocenters. The summed E-state index contributed by atoms with van der Waals surface area (Å²) in [5.41, 5.74) is 2.29. The molecule has 7 heteroatoms. The van der Waals surface area contributed by atoms with Gasteiger partial charge in [-0.1, -0.05) is 24.3 Å². The molecule has 1 N–H and O–H groups in total. The molecule has 1 aromatic heterocycles. The summed E-state index contributed by atoms with van der Waals surface area (Å²) in [4.78, 5) is 19.4. The summed E-state index contributed by atoms with van der Waals surface area (Å²) >= 11 is 0. The van der Waals surface area contributed by atoms with E-state index in [2.05, 4.69) is 10.3 Å². The van der Waals surface area contributed by atoms with E-state index in [1.54, 1.807) is 13.3 Å². The van der Waals surface area contributed by atoms with Crippen LogP contribution in [0.5, 0.6) is 11.5 Å². The Morgan fingerprint density at radius 2 is 1.97 bits per heavy atom. The Hall–Kier alpha value is -3.58. The lowest BCUT2D eigenvalue weighted by molar-refractivity contribution is -0.0395. The van der Waals surface area contributed by atoms with E-state index in [9.17, 15) is 4.79 Å². The van der Waals surface area contributed by atoms with Gasteiger partial charge in [-0.25, -0.2) is 0 Å². The van der Waals surface area contributed by atoms with Crippen molar-refractivity contribution >= 4 is 11.6 Å². The number of nitrogens with one attached hydrogen (secondary N) is 1. The maximum atomic E-state index is 13.3. The summed E-state index contributed by atoms with van der Waals surface area (Å²) in [7, 11) is 1.63. The lowest BCUT2D eigenvalue weighted by Gasteiger charge is -2.38. The smallest absolute Gasteiger partial charge is 0.253 e. The molecule has 1 spiro atoms. The molecule has 182 valence electrons. The Morgan fingerprint density at radius 1 is 1.14 bits per heavy atom. The fraction of sp³-hybridized carbons (Fsp3) is 0.357. The second-order valence-corrected chi connectivity index (χ2v) is 9.17. The van der Waals surface area contributed by atoms with Crippen LogP contribution < -0.4 is 14.8 Å². The number of anilines is 1. The molecule has 35 heavy (non-hydrogen) atoms. The molecule has 2 fully saturated rings. The van der Waals surface area contributed by atoms with Crippen LogP contribution >= 0.6 is 0 Å². The second kappa shape index (κ2) is 10.4. The zero-order valence-electron chi connectivity index (χ0n) is 20.0. The number of methoxy groups -OCH3 is 1. The number of hydrogen-bond acceptors (Lipinski definition) is 6. The number of carbonyl (C=O) groups excluding carboxylic acids is 1. The fourth-order valence-electron chi connectivity index (χ4n) is 4.90. The summed E-state index contributed by atoms with van der Waals surface area (Å²) in [6, 6.07) is 19.3. The molecule has 0 saturated carbocycles. The van der Waals surface area contributed by atoms with Crippen LogP contribution in [0, 0.1) is 0 Å². The molecule has 0 bridgehead atoms. The Kier molecular flexibility index (Phi) is 6.86. The van der Waals surface area contributed by atoms with Crippen molar-refractivity contribution in [1.82, 2.24) is 9.88 Å². The van der Waals surface area contributed by atoms with Crippen molar-refractivity contribution in [3.63, 3.8) is 0 Å². The van der Waals surface area contributed by atoms with Crippen molar-refractivity contribution in [3.05, 3.63) is 84.2 Å². The number of aromatic nitrogens is 1. The quantitative estimate of drug-likeness (QED) is 0.543. The molecule has 3 aromatic rings. The number of piperidine rings is 1. The normalized spacial score (nSPS) is 18.9. The first-order valence-corrected chi connectivity index (χ1v) is 12.1. The molecule has 2 aromatic carbocycles. The first kappa shape index (κ1) is 23.2. The number of carbonyl (C=O) groups is 1. The summed E-state index contributed by atoms with van der Waals surface area (Å²) in [5, 5.41) is 3.37. The third-order valence-corrected chi connectivity index (χ3v) is 6.84. The number of hydrogen-bond donors (Lipinski definition) is 1. The number of pyridine rings is 1. The molecule has 3 heterocycles. The van der Waals surface area contributed by atoms with Gasteiger partial charge >= 0.3 is 0 Å². The van der Waals surface area contributed by atoms with E-state index in [1.807, 2.05) is 71.8 Å². The average molecular weight is 474 g/mol. The van der Waals surface area contributed by atoms with Gasteiger partial charge in [0.15, 0.2) is 0 Å². The minimum Gasteiger partial charge on any atom is -0.495 e. The largest absolute Gasteiger partial charge is 0.495 e. The van der Waals surface area contributed by atoms with Gasteiger partial charge in [0.2, 0.25) is 0 Å². The number of rotatable bonds is 7. The van der Waals surface area contributed by atoms with Gasteiger partial charge < -0.3 is 24.4 Å². The van der Waals surface area contributed by atoms with Crippen molar-refractivity contribution in [3.8, 4) is 11.5 Å². The highest BCUT2D eigenvalue weighted by Gasteiger charge is 2.44. The number of likely N-dealkylation sites (tertiary alicyclic amines) is 1. The van der Waals surface area contributed by atoms with E-state index < -0.39 is 0 Å². The zero-order chi connectivity index (χ0) is 24.1. The van der Waals surface area contributed by atoms with Crippen molar-refractivity contribution in [2.24, 2.45) is 0 Å². The van der Waals surface area contributed by atoms with Crippen LogP contribution in [0.4, 0.5) is 5.69 Å². The van der Waals surface area contributed by atoms with Crippen molar-refractivity contribution in [2.75, 3.05) is 32.1 Å². The number of amides is 1. The van der Waals surface area contributed by atoms with Crippen LogP contribution in [0.3, 0.4) is 0 Å². The molecule has 7 nitrogen and oxygen atoms in total. The van der Waals surface area contributed by atoms with E-state index >= 15 is 0 Å².